The van der Waals surface area contributed by atoms with E-state index in [0.29, 0.717) is 23.9 Å². The molecule has 0 saturated carbocycles. The van der Waals surface area contributed by atoms with E-state index in [2.05, 4.69) is 14.7 Å². The molecule has 0 aromatic carbocycles. The van der Waals surface area contributed by atoms with Crippen molar-refractivity contribution in [2.24, 2.45) is 0 Å². The van der Waals surface area contributed by atoms with Crippen LogP contribution < -0.4 is 5.32 Å². The number of rotatable bonds is 5. The number of anilines is 1. The third-order valence-electron chi connectivity index (χ3n) is 1.97. The van der Waals surface area contributed by atoms with Gasteiger partial charge >= 0.3 is 12.0 Å². The summed E-state index contributed by atoms with van der Waals surface area (Å²) in [6.07, 6.45) is 0.476. The van der Waals surface area contributed by atoms with Crippen LogP contribution in [0.15, 0.2) is 0 Å². The predicted molar refractivity (Wildman–Crippen MR) is 63.2 cm³/mol. The standard InChI is InChI=1S/C9H14N4O3S/c1-6-10-8(17-12-6)11-9(16)13(2)5-3-4-7(14)15/h3-5H2,1-2H3,(H,14,15)(H,10,11,12,16). The summed E-state index contributed by atoms with van der Waals surface area (Å²) in [7, 11) is 1.60. The number of nitrogens with one attached hydrogen (secondary N) is 1. The Hall–Kier alpha value is -1.70. The number of carboxylic acids is 1. The van der Waals surface area contributed by atoms with Gasteiger partial charge in [-0.3, -0.25) is 10.1 Å². The van der Waals surface area contributed by atoms with Crippen LogP contribution in [0.3, 0.4) is 0 Å². The van der Waals surface area contributed by atoms with Crippen LogP contribution in [0.1, 0.15) is 18.7 Å². The van der Waals surface area contributed by atoms with Gasteiger partial charge in [0.1, 0.15) is 5.82 Å². The van der Waals surface area contributed by atoms with Crippen LogP contribution in [0, 0.1) is 6.92 Å². The molecular formula is C9H14N4O3S. The van der Waals surface area contributed by atoms with E-state index in [1.807, 2.05) is 0 Å². The summed E-state index contributed by atoms with van der Waals surface area (Å²) < 4.78 is 3.93. The summed E-state index contributed by atoms with van der Waals surface area (Å²) in [5.41, 5.74) is 0. The molecule has 94 valence electrons. The number of hydrogen-bond acceptors (Lipinski definition) is 5. The van der Waals surface area contributed by atoms with Crippen molar-refractivity contribution in [3.8, 4) is 0 Å². The average molecular weight is 258 g/mol. The monoisotopic (exact) mass is 258 g/mol. The second kappa shape index (κ2) is 6.14. The number of carbonyl (C=O) groups is 2. The van der Waals surface area contributed by atoms with Crippen LogP contribution in [0.5, 0.6) is 0 Å². The first-order valence-electron chi connectivity index (χ1n) is 5.03. The van der Waals surface area contributed by atoms with Gasteiger partial charge in [-0.25, -0.2) is 9.78 Å². The first kappa shape index (κ1) is 13.4. The SMILES string of the molecule is Cc1nsc(NC(=O)N(C)CCCC(=O)O)n1. The molecule has 0 unspecified atom stereocenters. The summed E-state index contributed by atoms with van der Waals surface area (Å²) in [5.74, 6) is -0.252. The summed E-state index contributed by atoms with van der Waals surface area (Å²) in [4.78, 5) is 27.3. The fourth-order valence-electron chi connectivity index (χ4n) is 1.10. The van der Waals surface area contributed by atoms with Gasteiger partial charge in [0.05, 0.1) is 0 Å². The quantitative estimate of drug-likeness (QED) is 0.826. The van der Waals surface area contributed by atoms with Crippen molar-refractivity contribution in [1.29, 1.82) is 0 Å². The van der Waals surface area contributed by atoms with Crippen LogP contribution in [0.25, 0.3) is 0 Å². The van der Waals surface area contributed by atoms with E-state index in [1.54, 1.807) is 14.0 Å². The summed E-state index contributed by atoms with van der Waals surface area (Å²) in [5, 5.41) is 11.5. The van der Waals surface area contributed by atoms with E-state index < -0.39 is 5.97 Å². The minimum Gasteiger partial charge on any atom is -0.481 e. The highest BCUT2D eigenvalue weighted by Crippen LogP contribution is 2.10. The smallest absolute Gasteiger partial charge is 0.323 e. The largest absolute Gasteiger partial charge is 0.481 e. The molecule has 1 heterocycles. The zero-order valence-electron chi connectivity index (χ0n) is 9.63. The molecule has 2 amide bonds. The van der Waals surface area contributed by atoms with Crippen LogP contribution in [0.2, 0.25) is 0 Å². The predicted octanol–water partition coefficient (Wildman–Crippen LogP) is 1.18. The molecule has 0 aliphatic rings. The fraction of sp³-hybridized carbons (Fsp3) is 0.556. The maximum absolute atomic E-state index is 11.6. The lowest BCUT2D eigenvalue weighted by atomic mass is 10.3. The van der Waals surface area contributed by atoms with Gasteiger partial charge in [0.2, 0.25) is 5.13 Å². The van der Waals surface area contributed by atoms with E-state index >= 15 is 0 Å². The van der Waals surface area contributed by atoms with Crippen LogP contribution in [-0.2, 0) is 4.79 Å². The van der Waals surface area contributed by atoms with Crippen molar-refractivity contribution >= 4 is 28.7 Å². The lowest BCUT2D eigenvalue weighted by Crippen LogP contribution is -2.32. The van der Waals surface area contributed by atoms with Crippen LogP contribution >= 0.6 is 11.5 Å². The number of hydrogen-bond donors (Lipinski definition) is 2. The Kier molecular flexibility index (Phi) is 4.83. The van der Waals surface area contributed by atoms with Gasteiger partial charge < -0.3 is 10.0 Å². The summed E-state index contributed by atoms with van der Waals surface area (Å²) in [6.45, 7) is 2.12. The van der Waals surface area contributed by atoms with Gasteiger partial charge in [-0.1, -0.05) is 0 Å². The molecule has 0 fully saturated rings. The second-order valence-electron chi connectivity index (χ2n) is 3.50. The molecule has 0 atom stereocenters. The number of urea groups is 1. The van der Waals surface area contributed by atoms with Gasteiger partial charge in [0.15, 0.2) is 0 Å². The number of carbonyl (C=O) groups excluding carboxylic acids is 1. The van der Waals surface area contributed by atoms with Gasteiger partial charge in [0.25, 0.3) is 0 Å². The Bertz CT molecular complexity index is 407. The van der Waals surface area contributed by atoms with E-state index in [0.717, 1.165) is 11.5 Å². The molecular weight excluding hydrogens is 244 g/mol. The topological polar surface area (TPSA) is 95.4 Å². The molecule has 0 spiro atoms. The third-order valence-corrected chi connectivity index (χ3v) is 2.69. The first-order valence-corrected chi connectivity index (χ1v) is 5.80. The summed E-state index contributed by atoms with van der Waals surface area (Å²) in [6, 6.07) is -0.313. The highest BCUT2D eigenvalue weighted by Gasteiger charge is 2.11. The van der Waals surface area contributed by atoms with Crippen molar-refractivity contribution in [3.05, 3.63) is 5.82 Å². The number of aryl methyl sites for hydroxylation is 1. The minimum atomic E-state index is -0.862. The lowest BCUT2D eigenvalue weighted by molar-refractivity contribution is -0.137. The lowest BCUT2D eigenvalue weighted by Gasteiger charge is -2.15. The Balaban J connectivity index is 2.34. The normalized spacial score (nSPS) is 10.0. The van der Waals surface area contributed by atoms with Crippen molar-refractivity contribution in [3.63, 3.8) is 0 Å². The van der Waals surface area contributed by atoms with E-state index in [1.165, 1.54) is 4.90 Å². The van der Waals surface area contributed by atoms with E-state index in [9.17, 15) is 9.59 Å². The maximum Gasteiger partial charge on any atom is 0.323 e. The first-order chi connectivity index (χ1) is 7.99. The molecule has 0 saturated heterocycles. The third kappa shape index (κ3) is 4.77. The molecule has 1 aromatic rings. The number of nitrogens with zero attached hydrogens (tertiary/aromatic N) is 3. The average Bonchev–Trinajstić information content (AvgIpc) is 2.63. The molecule has 0 aliphatic carbocycles. The molecule has 2 N–H and O–H groups in total. The van der Waals surface area contributed by atoms with Crippen LogP contribution in [-0.4, -0.2) is 45.0 Å². The van der Waals surface area contributed by atoms with Gasteiger partial charge in [-0.2, -0.15) is 4.37 Å². The van der Waals surface area contributed by atoms with Crippen molar-refractivity contribution in [1.82, 2.24) is 14.3 Å². The van der Waals surface area contributed by atoms with E-state index in [-0.39, 0.29) is 12.5 Å². The van der Waals surface area contributed by atoms with Crippen molar-refractivity contribution in [2.45, 2.75) is 19.8 Å². The molecule has 17 heavy (non-hydrogen) atoms. The van der Waals surface area contributed by atoms with Crippen LogP contribution in [0.4, 0.5) is 9.93 Å². The van der Waals surface area contributed by atoms with Crippen molar-refractivity contribution < 1.29 is 14.7 Å². The molecule has 0 aliphatic heterocycles. The van der Waals surface area contributed by atoms with Gasteiger partial charge in [0, 0.05) is 31.5 Å². The second-order valence-corrected chi connectivity index (χ2v) is 4.25. The maximum atomic E-state index is 11.6. The minimum absolute atomic E-state index is 0.0511. The molecule has 0 bridgehead atoms. The Morgan fingerprint density at radius 3 is 2.76 bits per heavy atom. The molecule has 8 heteroatoms. The zero-order valence-corrected chi connectivity index (χ0v) is 10.5. The highest BCUT2D eigenvalue weighted by atomic mass is 32.1. The van der Waals surface area contributed by atoms with E-state index in [4.69, 9.17) is 5.11 Å². The molecule has 0 radical (unpaired) electrons. The molecule has 1 rings (SSSR count). The van der Waals surface area contributed by atoms with Crippen molar-refractivity contribution in [2.75, 3.05) is 18.9 Å². The zero-order chi connectivity index (χ0) is 12.8. The molecule has 1 aromatic heterocycles. The number of amides is 2. The Morgan fingerprint density at radius 2 is 2.24 bits per heavy atom. The number of aromatic nitrogens is 2. The fourth-order valence-corrected chi connectivity index (χ4v) is 1.67. The Labute approximate surface area is 103 Å². The summed E-state index contributed by atoms with van der Waals surface area (Å²) >= 11 is 1.11. The van der Waals surface area contributed by atoms with Gasteiger partial charge in [-0.15, -0.1) is 0 Å². The number of carboxylic acid groups (broad SMARTS) is 1. The Morgan fingerprint density at radius 1 is 1.53 bits per heavy atom. The van der Waals surface area contributed by atoms with Gasteiger partial charge in [-0.05, 0) is 13.3 Å². The number of aliphatic carboxylic acids is 1. The highest BCUT2D eigenvalue weighted by molar-refractivity contribution is 7.09. The molecule has 7 nitrogen and oxygen atoms in total.